The predicted octanol–water partition coefficient (Wildman–Crippen LogP) is 1.53. The normalized spacial score (nSPS) is 24.9. The quantitative estimate of drug-likeness (QED) is 0.818. The van der Waals surface area contributed by atoms with Crippen molar-refractivity contribution in [3.63, 3.8) is 0 Å². The third-order valence-corrected chi connectivity index (χ3v) is 6.14. The monoisotopic (exact) mass is 375 g/mol. The molecule has 1 unspecified atom stereocenters. The van der Waals surface area contributed by atoms with Crippen molar-refractivity contribution in [1.29, 1.82) is 0 Å². The molecule has 0 bridgehead atoms. The van der Waals surface area contributed by atoms with Crippen molar-refractivity contribution >= 4 is 17.0 Å². The summed E-state index contributed by atoms with van der Waals surface area (Å²) in [6.45, 7) is 7.80. The number of anilines is 1. The number of hydrogen-bond donors (Lipinski definition) is 2. The molecule has 1 aliphatic carbocycles. The van der Waals surface area contributed by atoms with Crippen LogP contribution in [0.2, 0.25) is 0 Å². The number of rotatable bonds is 5. The summed E-state index contributed by atoms with van der Waals surface area (Å²) in [4.78, 5) is 16.0. The second kappa shape index (κ2) is 6.68. The number of aliphatic hydroxyl groups excluding tert-OH is 2. The smallest absolute Gasteiger partial charge is 0.165 e. The van der Waals surface area contributed by atoms with Gasteiger partial charge >= 0.3 is 0 Å². The molecule has 0 amide bonds. The maximum absolute atomic E-state index is 9.56. The molecule has 3 heterocycles. The predicted molar refractivity (Wildman–Crippen MR) is 102 cm³/mol. The van der Waals surface area contributed by atoms with Crippen LogP contribution in [0.15, 0.2) is 12.7 Å². The number of imidazole rings is 1. The summed E-state index contributed by atoms with van der Waals surface area (Å²) in [5.74, 6) is 0.858. The Balaban J connectivity index is 1.67. The van der Waals surface area contributed by atoms with Crippen LogP contribution in [0.25, 0.3) is 11.2 Å². The zero-order chi connectivity index (χ0) is 19.2. The topological polar surface area (TPSA) is 96.5 Å². The molecular formula is C19H29N5O3. The summed E-state index contributed by atoms with van der Waals surface area (Å²) in [6.07, 6.45) is 5.86. The molecular weight excluding hydrogens is 346 g/mol. The Hall–Kier alpha value is -1.77. The van der Waals surface area contributed by atoms with Crippen molar-refractivity contribution in [3.8, 4) is 0 Å². The van der Waals surface area contributed by atoms with Crippen LogP contribution in [-0.2, 0) is 4.74 Å². The van der Waals surface area contributed by atoms with Gasteiger partial charge in [-0.1, -0.05) is 6.92 Å². The Labute approximate surface area is 159 Å². The molecule has 2 N–H and O–H groups in total. The minimum Gasteiger partial charge on any atom is -0.396 e. The molecule has 2 fully saturated rings. The maximum Gasteiger partial charge on any atom is 0.165 e. The van der Waals surface area contributed by atoms with Gasteiger partial charge in [-0.3, -0.25) is 0 Å². The molecule has 148 valence electrons. The van der Waals surface area contributed by atoms with Crippen molar-refractivity contribution < 1.29 is 14.9 Å². The Morgan fingerprint density at radius 3 is 2.59 bits per heavy atom. The molecule has 8 nitrogen and oxygen atoms in total. The highest BCUT2D eigenvalue weighted by Crippen LogP contribution is 2.48. The fourth-order valence-electron chi connectivity index (χ4n) is 4.34. The standard InChI is InChI=1S/C19H29N5O3/c1-4-13-7-27-18(2,3)8-23(13)16-15-17(21-11-20-16)24(12-22-15)14-5-19(6-14,9-25)10-26/h11-14,25-26H,4-10H2,1-3H3. The highest BCUT2D eigenvalue weighted by Gasteiger charge is 2.45. The van der Waals surface area contributed by atoms with Gasteiger partial charge in [-0.2, -0.15) is 0 Å². The van der Waals surface area contributed by atoms with Crippen LogP contribution in [0.1, 0.15) is 46.1 Å². The molecule has 8 heteroatoms. The first-order valence-electron chi connectivity index (χ1n) is 9.72. The number of aliphatic hydroxyl groups is 2. The SMILES string of the molecule is CCC1COC(C)(C)CN1c1ncnc2c1ncn2C1CC(CO)(CO)C1. The van der Waals surface area contributed by atoms with Gasteiger partial charge in [-0.05, 0) is 33.1 Å². The number of nitrogens with zero attached hydrogens (tertiary/aromatic N) is 5. The molecule has 27 heavy (non-hydrogen) atoms. The molecule has 0 aromatic carbocycles. The van der Waals surface area contributed by atoms with Crippen LogP contribution >= 0.6 is 0 Å². The molecule has 2 aliphatic rings. The minimum absolute atomic E-state index is 0.00784. The number of ether oxygens (including phenoxy) is 1. The molecule has 1 saturated heterocycles. The van der Waals surface area contributed by atoms with Crippen LogP contribution in [0.4, 0.5) is 5.82 Å². The van der Waals surface area contributed by atoms with Gasteiger partial charge in [0.15, 0.2) is 17.0 Å². The highest BCUT2D eigenvalue weighted by atomic mass is 16.5. The van der Waals surface area contributed by atoms with Crippen molar-refractivity contribution in [2.24, 2.45) is 5.41 Å². The van der Waals surface area contributed by atoms with Crippen LogP contribution in [0.5, 0.6) is 0 Å². The lowest BCUT2D eigenvalue weighted by atomic mass is 9.66. The Bertz CT molecular complexity index is 809. The van der Waals surface area contributed by atoms with E-state index in [-0.39, 0.29) is 36.3 Å². The van der Waals surface area contributed by atoms with E-state index in [1.807, 2.05) is 6.33 Å². The zero-order valence-corrected chi connectivity index (χ0v) is 16.3. The first-order chi connectivity index (χ1) is 12.9. The lowest BCUT2D eigenvalue weighted by molar-refractivity contribution is -0.0453. The molecule has 2 aromatic rings. The molecule has 0 spiro atoms. The summed E-state index contributed by atoms with van der Waals surface area (Å²) < 4.78 is 8.06. The fraction of sp³-hybridized carbons (Fsp3) is 0.737. The lowest BCUT2D eigenvalue weighted by Crippen LogP contribution is -2.54. The van der Waals surface area contributed by atoms with Gasteiger partial charge in [0.2, 0.25) is 0 Å². The van der Waals surface area contributed by atoms with Crippen LogP contribution in [-0.4, -0.2) is 67.7 Å². The zero-order valence-electron chi connectivity index (χ0n) is 16.3. The van der Waals surface area contributed by atoms with Gasteiger partial charge < -0.3 is 24.4 Å². The average Bonchev–Trinajstić information content (AvgIpc) is 3.05. The molecule has 1 aliphatic heterocycles. The highest BCUT2D eigenvalue weighted by molar-refractivity contribution is 5.83. The lowest BCUT2D eigenvalue weighted by Gasteiger charge is -2.46. The van der Waals surface area contributed by atoms with Gasteiger partial charge in [0.05, 0.1) is 37.8 Å². The second-order valence-electron chi connectivity index (χ2n) is 8.66. The molecule has 4 rings (SSSR count). The van der Waals surface area contributed by atoms with Crippen molar-refractivity contribution in [2.75, 3.05) is 31.3 Å². The van der Waals surface area contributed by atoms with Crippen LogP contribution in [0.3, 0.4) is 0 Å². The van der Waals surface area contributed by atoms with E-state index in [1.165, 1.54) is 0 Å². The van der Waals surface area contributed by atoms with E-state index in [0.717, 1.165) is 42.8 Å². The van der Waals surface area contributed by atoms with E-state index in [1.54, 1.807) is 6.33 Å². The number of aromatic nitrogens is 4. The average molecular weight is 375 g/mol. The van der Waals surface area contributed by atoms with Gasteiger partial charge in [-0.15, -0.1) is 0 Å². The third-order valence-electron chi connectivity index (χ3n) is 6.14. The summed E-state index contributed by atoms with van der Waals surface area (Å²) in [7, 11) is 0. The van der Waals surface area contributed by atoms with Gasteiger partial charge in [0, 0.05) is 18.0 Å². The maximum atomic E-state index is 9.56. The largest absolute Gasteiger partial charge is 0.396 e. The minimum atomic E-state index is -0.376. The Morgan fingerprint density at radius 2 is 1.93 bits per heavy atom. The van der Waals surface area contributed by atoms with Crippen LogP contribution < -0.4 is 4.90 Å². The second-order valence-corrected chi connectivity index (χ2v) is 8.66. The first-order valence-corrected chi connectivity index (χ1v) is 9.72. The first kappa shape index (κ1) is 18.6. The fourth-order valence-corrected chi connectivity index (χ4v) is 4.34. The number of morpholine rings is 1. The van der Waals surface area contributed by atoms with E-state index in [9.17, 15) is 10.2 Å². The third kappa shape index (κ3) is 3.09. The summed E-state index contributed by atoms with van der Waals surface area (Å²) in [5.41, 5.74) is 1.01. The Morgan fingerprint density at radius 1 is 1.19 bits per heavy atom. The van der Waals surface area contributed by atoms with E-state index >= 15 is 0 Å². The summed E-state index contributed by atoms with van der Waals surface area (Å²) >= 11 is 0. The van der Waals surface area contributed by atoms with E-state index in [4.69, 9.17) is 4.74 Å². The van der Waals surface area contributed by atoms with Gasteiger partial charge in [0.1, 0.15) is 6.33 Å². The number of hydrogen-bond acceptors (Lipinski definition) is 7. The van der Waals surface area contributed by atoms with Crippen LogP contribution in [0, 0.1) is 5.41 Å². The number of fused-ring (bicyclic) bond motifs is 1. The summed E-state index contributed by atoms with van der Waals surface area (Å²) in [5, 5.41) is 19.1. The van der Waals surface area contributed by atoms with Gasteiger partial charge in [-0.25, -0.2) is 15.0 Å². The molecule has 1 saturated carbocycles. The van der Waals surface area contributed by atoms with E-state index < -0.39 is 0 Å². The van der Waals surface area contributed by atoms with Crippen molar-refractivity contribution in [1.82, 2.24) is 19.5 Å². The Kier molecular flexibility index (Phi) is 4.60. The van der Waals surface area contributed by atoms with Crippen molar-refractivity contribution in [3.05, 3.63) is 12.7 Å². The van der Waals surface area contributed by atoms with E-state index in [0.29, 0.717) is 6.61 Å². The van der Waals surface area contributed by atoms with Crippen molar-refractivity contribution in [2.45, 2.75) is 57.7 Å². The van der Waals surface area contributed by atoms with Gasteiger partial charge in [0.25, 0.3) is 0 Å². The molecule has 1 atom stereocenters. The summed E-state index contributed by atoms with van der Waals surface area (Å²) in [6, 6.07) is 0.460. The molecule has 2 aromatic heterocycles. The molecule has 0 radical (unpaired) electrons. The van der Waals surface area contributed by atoms with E-state index in [2.05, 4.69) is 45.2 Å².